The van der Waals surface area contributed by atoms with Gasteiger partial charge in [0.05, 0.1) is 16.5 Å². The Bertz CT molecular complexity index is 1900. The fraction of sp³-hybridized carbons (Fsp3) is 0.441. The Morgan fingerprint density at radius 1 is 1.14 bits per heavy atom. The predicted molar refractivity (Wildman–Crippen MR) is 163 cm³/mol. The zero-order valence-electron chi connectivity index (χ0n) is 24.2. The monoisotopic (exact) mass is 594 g/mol. The number of terminal acetylenes is 1. The fourth-order valence-electron chi connectivity index (χ4n) is 8.74. The normalized spacial score (nSPS) is 28.8. The van der Waals surface area contributed by atoms with Crippen LogP contribution in [0.1, 0.15) is 37.7 Å². The average Bonchev–Trinajstić information content (AvgIpc) is 3.39. The molecule has 2 bridgehead atoms. The van der Waals surface area contributed by atoms with Gasteiger partial charge in [0.1, 0.15) is 35.2 Å². The van der Waals surface area contributed by atoms with Crippen LogP contribution in [0.4, 0.5) is 14.6 Å². The summed E-state index contributed by atoms with van der Waals surface area (Å²) in [6.07, 6.45) is 12.9. The first kappa shape index (κ1) is 26.3. The van der Waals surface area contributed by atoms with Gasteiger partial charge in [0.2, 0.25) is 0 Å². The first-order chi connectivity index (χ1) is 21.4. The summed E-state index contributed by atoms with van der Waals surface area (Å²) in [4.78, 5) is 18.9. The number of aromatic hydroxyl groups is 1. The van der Waals surface area contributed by atoms with E-state index in [1.54, 1.807) is 6.20 Å². The summed E-state index contributed by atoms with van der Waals surface area (Å²) >= 11 is 0. The number of nitrogens with one attached hydrogen (secondary N) is 1. The predicted octanol–water partition coefficient (Wildman–Crippen LogP) is 4.61. The van der Waals surface area contributed by atoms with E-state index in [1.165, 1.54) is 30.7 Å². The van der Waals surface area contributed by atoms with Gasteiger partial charge in [0.25, 0.3) is 0 Å². The Labute approximate surface area is 253 Å². The van der Waals surface area contributed by atoms with Gasteiger partial charge in [-0.25, -0.2) is 8.78 Å². The molecule has 5 aliphatic rings. The number of hydrogen-bond donors (Lipinski definition) is 2. The van der Waals surface area contributed by atoms with Crippen LogP contribution in [0.15, 0.2) is 30.5 Å². The molecule has 224 valence electrons. The summed E-state index contributed by atoms with van der Waals surface area (Å²) in [5.74, 6) is 2.99. The van der Waals surface area contributed by atoms with Gasteiger partial charge >= 0.3 is 6.01 Å². The lowest BCUT2D eigenvalue weighted by molar-refractivity contribution is 0.0829. The highest BCUT2D eigenvalue weighted by molar-refractivity contribution is 6.03. The van der Waals surface area contributed by atoms with Crippen LogP contribution in [-0.2, 0) is 0 Å². The molecule has 2 aromatic heterocycles. The number of ether oxygens (including phenoxy) is 1. The number of pyridine rings is 1. The standard InChI is InChI=1S/C34H32F2N6O2/c1-2-23-27(35)7-4-18-10-22(43)12-24(28(18)23)30-29(36)31-25(13-37-30)32(41-15-20-5-6-21(16-41)38-20)40-33(39-31)44-17-34-8-3-9-42(34)14-19-11-26(19)34/h1,4,7,10,12-13,19-21,26,38,43H,3,5-6,8-9,11,14-17H2/t19-,20-,21+,26-,34+/m0/s1. The SMILES string of the molecule is C#Cc1c(F)ccc2cc(O)cc(-c3ncc4c(N5C[C@H]6CC[C@@H](C5)N6)nc(OC[C@@]56CCCN5C[C@@H]5C[C@@H]56)nc4c3F)c12. The van der Waals surface area contributed by atoms with Crippen LogP contribution in [-0.4, -0.2) is 75.4 Å². The first-order valence-electron chi connectivity index (χ1n) is 15.6. The van der Waals surface area contributed by atoms with E-state index in [4.69, 9.17) is 16.1 Å². The molecule has 10 heteroatoms. The third-order valence-electron chi connectivity index (χ3n) is 10.8. The highest BCUT2D eigenvalue weighted by Crippen LogP contribution is 2.59. The van der Waals surface area contributed by atoms with Crippen LogP contribution >= 0.6 is 0 Å². The van der Waals surface area contributed by atoms with E-state index in [1.807, 2.05) is 0 Å². The minimum Gasteiger partial charge on any atom is -0.508 e. The molecular weight excluding hydrogens is 562 g/mol. The van der Waals surface area contributed by atoms with Crippen molar-refractivity contribution in [2.45, 2.75) is 49.7 Å². The Balaban J connectivity index is 1.19. The number of benzene rings is 2. The van der Waals surface area contributed by atoms with Crippen LogP contribution in [0.25, 0.3) is 32.9 Å². The van der Waals surface area contributed by atoms with Crippen molar-refractivity contribution in [3.05, 3.63) is 47.7 Å². The molecule has 0 radical (unpaired) electrons. The van der Waals surface area contributed by atoms with Crippen molar-refractivity contribution in [1.29, 1.82) is 0 Å². The maximum absolute atomic E-state index is 16.8. The molecular formula is C34H32F2N6O2. The van der Waals surface area contributed by atoms with E-state index in [-0.39, 0.29) is 39.6 Å². The van der Waals surface area contributed by atoms with Crippen molar-refractivity contribution >= 4 is 27.5 Å². The average molecular weight is 595 g/mol. The molecule has 8 nitrogen and oxygen atoms in total. The largest absolute Gasteiger partial charge is 0.508 e. The molecule has 5 fully saturated rings. The highest BCUT2D eigenvalue weighted by atomic mass is 19.1. The van der Waals surface area contributed by atoms with Crippen LogP contribution < -0.4 is 15.0 Å². The van der Waals surface area contributed by atoms with Gasteiger partial charge < -0.3 is 20.1 Å². The molecule has 5 atom stereocenters. The van der Waals surface area contributed by atoms with E-state index in [0.717, 1.165) is 57.8 Å². The van der Waals surface area contributed by atoms with Crippen molar-refractivity contribution < 1.29 is 18.6 Å². The molecule has 9 rings (SSSR count). The number of piperidine rings is 1. The Morgan fingerprint density at radius 3 is 2.80 bits per heavy atom. The van der Waals surface area contributed by atoms with E-state index in [0.29, 0.717) is 46.6 Å². The summed E-state index contributed by atoms with van der Waals surface area (Å²) in [6, 6.07) is 6.43. The number of aromatic nitrogens is 3. The Morgan fingerprint density at radius 2 is 1.98 bits per heavy atom. The molecule has 6 heterocycles. The molecule has 0 unspecified atom stereocenters. The van der Waals surface area contributed by atoms with Gasteiger partial charge in [-0.3, -0.25) is 9.88 Å². The molecule has 4 saturated heterocycles. The van der Waals surface area contributed by atoms with Gasteiger partial charge in [-0.05, 0) is 74.1 Å². The van der Waals surface area contributed by atoms with Crippen molar-refractivity contribution in [2.24, 2.45) is 11.8 Å². The zero-order chi connectivity index (χ0) is 29.7. The van der Waals surface area contributed by atoms with Gasteiger partial charge in [0, 0.05) is 48.9 Å². The summed E-state index contributed by atoms with van der Waals surface area (Å²) < 4.78 is 38.0. The molecule has 2 aromatic carbocycles. The molecule has 44 heavy (non-hydrogen) atoms. The molecule has 4 aliphatic heterocycles. The number of rotatable bonds is 5. The first-order valence-corrected chi connectivity index (χ1v) is 15.6. The van der Waals surface area contributed by atoms with E-state index in [9.17, 15) is 9.50 Å². The number of phenols is 1. The minimum atomic E-state index is -0.697. The Hall–Kier alpha value is -4.07. The lowest BCUT2D eigenvalue weighted by Gasteiger charge is -2.35. The third-order valence-corrected chi connectivity index (χ3v) is 10.8. The number of phenolic OH excluding ortho intramolecular Hbond substituents is 1. The number of fused-ring (bicyclic) bond motifs is 7. The highest BCUT2D eigenvalue weighted by Gasteiger charge is 2.63. The fourth-order valence-corrected chi connectivity index (χ4v) is 8.74. The van der Waals surface area contributed by atoms with Gasteiger partial charge in [-0.2, -0.15) is 9.97 Å². The van der Waals surface area contributed by atoms with Crippen molar-refractivity contribution in [1.82, 2.24) is 25.2 Å². The Kier molecular flexibility index (Phi) is 5.67. The summed E-state index contributed by atoms with van der Waals surface area (Å²) in [6.45, 7) is 4.19. The van der Waals surface area contributed by atoms with Crippen molar-refractivity contribution in [3.8, 4) is 35.4 Å². The second kappa shape index (κ2) is 9.46. The van der Waals surface area contributed by atoms with E-state index >= 15 is 4.39 Å². The summed E-state index contributed by atoms with van der Waals surface area (Å²) in [5.41, 5.74) is 0.190. The van der Waals surface area contributed by atoms with Crippen LogP contribution in [0.5, 0.6) is 11.8 Å². The molecule has 2 N–H and O–H groups in total. The van der Waals surface area contributed by atoms with E-state index < -0.39 is 11.6 Å². The number of nitrogens with zero attached hydrogens (tertiary/aromatic N) is 5. The minimum absolute atomic E-state index is 0.00935. The lowest BCUT2D eigenvalue weighted by Crippen LogP contribution is -2.51. The number of piperazine rings is 1. The van der Waals surface area contributed by atoms with Crippen LogP contribution in [0.2, 0.25) is 0 Å². The van der Waals surface area contributed by atoms with Gasteiger partial charge in [-0.15, -0.1) is 6.42 Å². The second-order valence-electron chi connectivity index (χ2n) is 13.3. The molecule has 4 aromatic rings. The van der Waals surface area contributed by atoms with E-state index in [2.05, 4.69) is 31.0 Å². The smallest absolute Gasteiger partial charge is 0.319 e. The summed E-state index contributed by atoms with van der Waals surface area (Å²) in [5, 5.41) is 15.5. The van der Waals surface area contributed by atoms with Gasteiger partial charge in [0.15, 0.2) is 5.82 Å². The third kappa shape index (κ3) is 3.85. The second-order valence-corrected chi connectivity index (χ2v) is 13.3. The van der Waals surface area contributed by atoms with Crippen molar-refractivity contribution in [2.75, 3.05) is 37.7 Å². The molecule has 0 amide bonds. The maximum atomic E-state index is 16.8. The number of anilines is 1. The van der Waals surface area contributed by atoms with Crippen LogP contribution in [0, 0.1) is 35.8 Å². The maximum Gasteiger partial charge on any atom is 0.319 e. The quantitative estimate of drug-likeness (QED) is 0.324. The number of hydrogen-bond acceptors (Lipinski definition) is 8. The molecule has 0 spiro atoms. The molecule has 1 saturated carbocycles. The topological polar surface area (TPSA) is 86.6 Å². The van der Waals surface area contributed by atoms with Crippen molar-refractivity contribution in [3.63, 3.8) is 0 Å². The number of halogens is 2. The van der Waals surface area contributed by atoms with Crippen LogP contribution in [0.3, 0.4) is 0 Å². The van der Waals surface area contributed by atoms with Gasteiger partial charge in [-0.1, -0.05) is 12.0 Å². The zero-order valence-corrected chi connectivity index (χ0v) is 24.2. The lowest BCUT2D eigenvalue weighted by atomic mass is 9.92. The summed E-state index contributed by atoms with van der Waals surface area (Å²) in [7, 11) is 0. The molecule has 1 aliphatic carbocycles.